The zero-order valence-electron chi connectivity index (χ0n) is 18.7. The molecule has 1 aliphatic heterocycles. The number of hydrogen-bond acceptors (Lipinski definition) is 6. The maximum atomic E-state index is 13.4. The summed E-state index contributed by atoms with van der Waals surface area (Å²) in [4.78, 5) is 26.8. The van der Waals surface area contributed by atoms with E-state index in [4.69, 9.17) is 4.74 Å². The minimum absolute atomic E-state index is 0.0163. The lowest BCUT2D eigenvalue weighted by atomic mass is 10.1. The number of sulfonamides is 1. The summed E-state index contributed by atoms with van der Waals surface area (Å²) in [6, 6.07) is 4.40. The van der Waals surface area contributed by atoms with E-state index in [0.29, 0.717) is 30.8 Å². The number of hydrogen-bond donors (Lipinski definition) is 1. The molecule has 11 heteroatoms. The van der Waals surface area contributed by atoms with Gasteiger partial charge in [0.05, 0.1) is 35.1 Å². The molecule has 176 valence electrons. The second kappa shape index (κ2) is 7.93. The Morgan fingerprint density at radius 1 is 1.24 bits per heavy atom. The highest BCUT2D eigenvalue weighted by atomic mass is 32.2. The molecule has 2 aliphatic rings. The molecule has 3 aromatic rings. The third-order valence-corrected chi connectivity index (χ3v) is 8.09. The number of aromatic nitrogens is 4. The van der Waals surface area contributed by atoms with Gasteiger partial charge in [0.1, 0.15) is 0 Å². The van der Waals surface area contributed by atoms with Gasteiger partial charge in [0.25, 0.3) is 5.56 Å². The molecule has 3 heterocycles. The van der Waals surface area contributed by atoms with Gasteiger partial charge in [-0.3, -0.25) is 18.6 Å². The molecule has 1 atom stereocenters. The van der Waals surface area contributed by atoms with Crippen LogP contribution in [0.15, 0.2) is 45.1 Å². The molecular weight excluding hydrogens is 446 g/mol. The number of nitrogens with zero attached hydrogens (tertiary/aromatic N) is 4. The zero-order valence-corrected chi connectivity index (χ0v) is 19.5. The summed E-state index contributed by atoms with van der Waals surface area (Å²) < 4.78 is 38.4. The fraction of sp³-hybridized carbons (Fsp3) is 0.500. The molecular formula is C22H27N5O5S. The Bertz CT molecular complexity index is 1440. The number of aryl methyl sites for hydroxylation is 1. The molecule has 0 spiro atoms. The van der Waals surface area contributed by atoms with Gasteiger partial charge < -0.3 is 4.74 Å². The maximum absolute atomic E-state index is 13.4. The molecule has 0 amide bonds. The average molecular weight is 474 g/mol. The minimum Gasteiger partial charge on any atom is -0.381 e. The first-order valence-corrected chi connectivity index (χ1v) is 12.5. The highest BCUT2D eigenvalue weighted by Gasteiger charge is 2.41. The number of ether oxygens (including phenoxy) is 1. The molecule has 1 N–H and O–H groups in total. The largest absolute Gasteiger partial charge is 0.381 e. The SMILES string of the molecule is Cn1cc(Cn2c(=O)c3cc(S(=O)(=O)NC4(C)CC4)ccc3n(CC3CCOC3)c2=O)cn1. The highest BCUT2D eigenvalue weighted by Crippen LogP contribution is 2.36. The summed E-state index contributed by atoms with van der Waals surface area (Å²) in [7, 11) is -2.04. The fourth-order valence-electron chi connectivity index (χ4n) is 4.28. The first kappa shape index (κ1) is 22.1. The van der Waals surface area contributed by atoms with Gasteiger partial charge in [-0.2, -0.15) is 5.10 Å². The van der Waals surface area contributed by atoms with E-state index < -0.39 is 26.8 Å². The van der Waals surface area contributed by atoms with E-state index in [0.717, 1.165) is 23.8 Å². The van der Waals surface area contributed by atoms with Crippen molar-refractivity contribution < 1.29 is 13.2 Å². The van der Waals surface area contributed by atoms with Gasteiger partial charge in [0.2, 0.25) is 10.0 Å². The van der Waals surface area contributed by atoms with Crippen LogP contribution in [-0.4, -0.2) is 46.1 Å². The van der Waals surface area contributed by atoms with Crippen LogP contribution in [0.1, 0.15) is 31.7 Å². The lowest BCUT2D eigenvalue weighted by Crippen LogP contribution is -2.41. The fourth-order valence-corrected chi connectivity index (χ4v) is 5.77. The van der Waals surface area contributed by atoms with Crippen LogP contribution in [0.3, 0.4) is 0 Å². The molecule has 1 aromatic carbocycles. The quantitative estimate of drug-likeness (QED) is 0.543. The first-order chi connectivity index (χ1) is 15.7. The number of nitrogens with one attached hydrogen (secondary N) is 1. The van der Waals surface area contributed by atoms with Crippen molar-refractivity contribution in [3.63, 3.8) is 0 Å². The van der Waals surface area contributed by atoms with Crippen molar-refractivity contribution in [1.82, 2.24) is 23.6 Å². The van der Waals surface area contributed by atoms with Gasteiger partial charge in [-0.25, -0.2) is 17.9 Å². The third-order valence-electron chi connectivity index (χ3n) is 6.45. The Morgan fingerprint density at radius 3 is 2.67 bits per heavy atom. The van der Waals surface area contributed by atoms with Crippen molar-refractivity contribution in [3.8, 4) is 0 Å². The monoisotopic (exact) mass is 473 g/mol. The highest BCUT2D eigenvalue weighted by molar-refractivity contribution is 7.89. The second-order valence-electron chi connectivity index (χ2n) is 9.38. The third kappa shape index (κ3) is 4.28. The molecule has 10 nitrogen and oxygen atoms in total. The van der Waals surface area contributed by atoms with Crippen LogP contribution in [0.5, 0.6) is 0 Å². The van der Waals surface area contributed by atoms with Crippen molar-refractivity contribution in [3.05, 3.63) is 57.0 Å². The van der Waals surface area contributed by atoms with E-state index in [1.165, 1.54) is 12.1 Å². The van der Waals surface area contributed by atoms with Gasteiger partial charge >= 0.3 is 5.69 Å². The standard InChI is InChI=1S/C22H27N5O5S/c1-22(6-7-22)24-33(30,31)17-3-4-19-18(9-17)20(28)27(13-16-10-23-25(2)11-16)21(29)26(19)12-15-5-8-32-14-15/h3-4,9-11,15,24H,5-8,12-14H2,1-2H3. The van der Waals surface area contributed by atoms with Gasteiger partial charge in [0, 0.05) is 43.4 Å². The Balaban J connectivity index is 1.66. The summed E-state index contributed by atoms with van der Waals surface area (Å²) in [6.45, 7) is 3.49. The van der Waals surface area contributed by atoms with Gasteiger partial charge in [-0.05, 0) is 44.4 Å². The molecule has 1 unspecified atom stereocenters. The topological polar surface area (TPSA) is 117 Å². The molecule has 0 radical (unpaired) electrons. The van der Waals surface area contributed by atoms with Gasteiger partial charge in [0.15, 0.2) is 0 Å². The van der Waals surface area contributed by atoms with Crippen LogP contribution < -0.4 is 16.0 Å². The molecule has 1 aliphatic carbocycles. The van der Waals surface area contributed by atoms with Crippen molar-refractivity contribution in [2.24, 2.45) is 13.0 Å². The molecule has 33 heavy (non-hydrogen) atoms. The van der Waals surface area contributed by atoms with E-state index in [1.54, 1.807) is 34.8 Å². The van der Waals surface area contributed by atoms with Gasteiger partial charge in [-0.15, -0.1) is 0 Å². The number of rotatable bonds is 7. The van der Waals surface area contributed by atoms with E-state index in [2.05, 4.69) is 9.82 Å². The van der Waals surface area contributed by atoms with Crippen LogP contribution in [0, 0.1) is 5.92 Å². The summed E-state index contributed by atoms with van der Waals surface area (Å²) in [5, 5.41) is 4.31. The summed E-state index contributed by atoms with van der Waals surface area (Å²) in [6.07, 6.45) is 5.73. The predicted molar refractivity (Wildman–Crippen MR) is 122 cm³/mol. The maximum Gasteiger partial charge on any atom is 0.331 e. The van der Waals surface area contributed by atoms with Gasteiger partial charge in [-0.1, -0.05) is 0 Å². The number of fused-ring (bicyclic) bond motifs is 1. The predicted octanol–water partition coefficient (Wildman–Crippen LogP) is 0.812. The molecule has 2 fully saturated rings. The van der Waals surface area contributed by atoms with E-state index in [9.17, 15) is 18.0 Å². The molecule has 1 saturated heterocycles. The summed E-state index contributed by atoms with van der Waals surface area (Å²) in [5.74, 6) is 0.148. The molecule has 0 bridgehead atoms. The first-order valence-electron chi connectivity index (χ1n) is 11.0. The summed E-state index contributed by atoms with van der Waals surface area (Å²) in [5.41, 5.74) is -0.250. The van der Waals surface area contributed by atoms with Crippen LogP contribution in [-0.2, 0) is 34.9 Å². The zero-order chi connectivity index (χ0) is 23.4. The van der Waals surface area contributed by atoms with E-state index in [1.807, 2.05) is 6.92 Å². The smallest absolute Gasteiger partial charge is 0.331 e. The molecule has 2 aromatic heterocycles. The Labute approximate surface area is 190 Å². The van der Waals surface area contributed by atoms with Crippen molar-refractivity contribution >= 4 is 20.9 Å². The Hall–Kier alpha value is -2.76. The average Bonchev–Trinajstić information content (AvgIpc) is 3.14. The van der Waals surface area contributed by atoms with Crippen LogP contribution in [0.2, 0.25) is 0 Å². The lowest BCUT2D eigenvalue weighted by molar-refractivity contribution is 0.182. The van der Waals surface area contributed by atoms with Crippen LogP contribution in [0.25, 0.3) is 10.9 Å². The molecule has 1 saturated carbocycles. The summed E-state index contributed by atoms with van der Waals surface area (Å²) >= 11 is 0. The van der Waals surface area contributed by atoms with Crippen molar-refractivity contribution in [2.45, 2.75) is 49.7 Å². The lowest BCUT2D eigenvalue weighted by Gasteiger charge is -2.17. The Kier molecular flexibility index (Phi) is 5.30. The second-order valence-corrected chi connectivity index (χ2v) is 11.1. The normalized spacial score (nSPS) is 19.9. The van der Waals surface area contributed by atoms with Crippen LogP contribution in [0.4, 0.5) is 0 Å². The van der Waals surface area contributed by atoms with Crippen molar-refractivity contribution in [2.75, 3.05) is 13.2 Å². The Morgan fingerprint density at radius 2 is 2.03 bits per heavy atom. The number of benzene rings is 1. The minimum atomic E-state index is -3.80. The van der Waals surface area contributed by atoms with Crippen molar-refractivity contribution in [1.29, 1.82) is 0 Å². The molecule has 5 rings (SSSR count). The van der Waals surface area contributed by atoms with E-state index in [-0.39, 0.29) is 22.7 Å². The van der Waals surface area contributed by atoms with Crippen LogP contribution >= 0.6 is 0 Å². The van der Waals surface area contributed by atoms with E-state index >= 15 is 0 Å².